The van der Waals surface area contributed by atoms with E-state index in [1.807, 2.05) is 24.3 Å². The van der Waals surface area contributed by atoms with Crippen molar-refractivity contribution >= 4 is 34.2 Å². The Morgan fingerprint density at radius 1 is 1.17 bits per heavy atom. The van der Waals surface area contributed by atoms with Crippen LogP contribution in [0.4, 0.5) is 5.69 Å². The smallest absolute Gasteiger partial charge is 0.238 e. The van der Waals surface area contributed by atoms with Crippen LogP contribution in [0.2, 0.25) is 0 Å². The van der Waals surface area contributed by atoms with E-state index in [1.54, 1.807) is 0 Å². The Morgan fingerprint density at radius 2 is 1.83 bits per heavy atom. The first kappa shape index (κ1) is 13.8. The first-order valence-electron chi connectivity index (χ1n) is 6.53. The molecule has 18 heavy (non-hydrogen) atoms. The fourth-order valence-electron chi connectivity index (χ4n) is 2.28. The van der Waals surface area contributed by atoms with E-state index in [0.29, 0.717) is 12.6 Å². The average Bonchev–Trinajstić information content (AvgIpc) is 2.40. The lowest BCUT2D eigenvalue weighted by Gasteiger charge is -2.22. The molecule has 0 bridgehead atoms. The lowest BCUT2D eigenvalue weighted by Crippen LogP contribution is -2.37. The monoisotopic (exact) mass is 358 g/mol. The number of hydrogen-bond acceptors (Lipinski definition) is 2. The van der Waals surface area contributed by atoms with Crippen LogP contribution in [-0.2, 0) is 4.79 Å². The molecule has 0 unspecified atom stereocenters. The standard InChI is InChI=1S/C14H19IN2O/c15-11-6-8-13(9-7-11)17-14(18)10-16-12-4-2-1-3-5-12/h6-9,12,16H,1-5,10H2,(H,17,18). The van der Waals surface area contributed by atoms with E-state index in [2.05, 4.69) is 33.2 Å². The summed E-state index contributed by atoms with van der Waals surface area (Å²) in [7, 11) is 0. The summed E-state index contributed by atoms with van der Waals surface area (Å²) < 4.78 is 1.17. The highest BCUT2D eigenvalue weighted by atomic mass is 127. The SMILES string of the molecule is O=C(CNC1CCCCC1)Nc1ccc(I)cc1. The van der Waals surface area contributed by atoms with Crippen molar-refractivity contribution in [1.82, 2.24) is 5.32 Å². The van der Waals surface area contributed by atoms with Gasteiger partial charge in [-0.15, -0.1) is 0 Å². The zero-order valence-electron chi connectivity index (χ0n) is 10.4. The van der Waals surface area contributed by atoms with Gasteiger partial charge < -0.3 is 10.6 Å². The largest absolute Gasteiger partial charge is 0.325 e. The summed E-state index contributed by atoms with van der Waals surface area (Å²) in [5, 5.41) is 6.24. The Hall–Kier alpha value is -0.620. The number of carbonyl (C=O) groups is 1. The zero-order valence-corrected chi connectivity index (χ0v) is 12.6. The third kappa shape index (κ3) is 4.57. The highest BCUT2D eigenvalue weighted by molar-refractivity contribution is 14.1. The molecule has 2 rings (SSSR count). The molecule has 1 aromatic carbocycles. The van der Waals surface area contributed by atoms with Gasteiger partial charge in [-0.2, -0.15) is 0 Å². The van der Waals surface area contributed by atoms with E-state index in [-0.39, 0.29) is 5.91 Å². The summed E-state index contributed by atoms with van der Waals surface area (Å²) >= 11 is 2.25. The fraction of sp³-hybridized carbons (Fsp3) is 0.500. The summed E-state index contributed by atoms with van der Waals surface area (Å²) in [5.41, 5.74) is 0.867. The van der Waals surface area contributed by atoms with Crippen molar-refractivity contribution in [3.63, 3.8) is 0 Å². The van der Waals surface area contributed by atoms with Gasteiger partial charge in [0, 0.05) is 15.3 Å². The van der Waals surface area contributed by atoms with E-state index < -0.39 is 0 Å². The summed E-state index contributed by atoms with van der Waals surface area (Å²) in [6, 6.07) is 8.37. The molecule has 1 aromatic rings. The van der Waals surface area contributed by atoms with Gasteiger partial charge in [0.1, 0.15) is 0 Å². The molecule has 1 amide bonds. The van der Waals surface area contributed by atoms with Crippen LogP contribution < -0.4 is 10.6 Å². The molecule has 4 heteroatoms. The first-order valence-corrected chi connectivity index (χ1v) is 7.61. The van der Waals surface area contributed by atoms with Crippen molar-refractivity contribution in [2.45, 2.75) is 38.1 Å². The lowest BCUT2D eigenvalue weighted by molar-refractivity contribution is -0.115. The molecule has 0 heterocycles. The number of anilines is 1. The second kappa shape index (κ2) is 7.09. The van der Waals surface area contributed by atoms with Crippen LogP contribution in [0.1, 0.15) is 32.1 Å². The molecule has 1 aliphatic rings. The maximum atomic E-state index is 11.8. The van der Waals surface area contributed by atoms with Crippen molar-refractivity contribution in [1.29, 1.82) is 0 Å². The second-order valence-corrected chi connectivity index (χ2v) is 6.02. The molecule has 2 N–H and O–H groups in total. The van der Waals surface area contributed by atoms with Crippen LogP contribution in [0.15, 0.2) is 24.3 Å². The van der Waals surface area contributed by atoms with Crippen molar-refractivity contribution in [2.24, 2.45) is 0 Å². The number of halogens is 1. The third-order valence-electron chi connectivity index (χ3n) is 3.28. The van der Waals surface area contributed by atoms with Crippen molar-refractivity contribution in [3.05, 3.63) is 27.8 Å². The molecule has 0 aliphatic heterocycles. The molecule has 1 aliphatic carbocycles. The van der Waals surface area contributed by atoms with Crippen LogP contribution in [0, 0.1) is 3.57 Å². The summed E-state index contributed by atoms with van der Waals surface area (Å²) in [5.74, 6) is 0.0433. The molecule has 1 saturated carbocycles. The van der Waals surface area contributed by atoms with E-state index >= 15 is 0 Å². The minimum Gasteiger partial charge on any atom is -0.325 e. The van der Waals surface area contributed by atoms with Crippen LogP contribution >= 0.6 is 22.6 Å². The van der Waals surface area contributed by atoms with Gasteiger partial charge in [0.05, 0.1) is 6.54 Å². The predicted octanol–water partition coefficient (Wildman–Crippen LogP) is 3.15. The molecule has 0 spiro atoms. The Bertz CT molecular complexity index is 385. The van der Waals surface area contributed by atoms with Gasteiger partial charge in [0.25, 0.3) is 0 Å². The van der Waals surface area contributed by atoms with Gasteiger partial charge >= 0.3 is 0 Å². The van der Waals surface area contributed by atoms with Crippen molar-refractivity contribution < 1.29 is 4.79 Å². The second-order valence-electron chi connectivity index (χ2n) is 4.77. The Kier molecular flexibility index (Phi) is 5.44. The van der Waals surface area contributed by atoms with E-state index in [4.69, 9.17) is 0 Å². The number of rotatable bonds is 4. The molecule has 3 nitrogen and oxygen atoms in total. The number of amides is 1. The molecule has 0 atom stereocenters. The predicted molar refractivity (Wildman–Crippen MR) is 82.7 cm³/mol. The highest BCUT2D eigenvalue weighted by Gasteiger charge is 2.13. The van der Waals surface area contributed by atoms with E-state index in [9.17, 15) is 4.79 Å². The third-order valence-corrected chi connectivity index (χ3v) is 4.00. The maximum absolute atomic E-state index is 11.8. The Labute approximate surface area is 122 Å². The quantitative estimate of drug-likeness (QED) is 0.812. The van der Waals surface area contributed by atoms with Crippen LogP contribution in [0.25, 0.3) is 0 Å². The van der Waals surface area contributed by atoms with Crippen LogP contribution in [0.3, 0.4) is 0 Å². The average molecular weight is 358 g/mol. The van der Waals surface area contributed by atoms with Crippen LogP contribution in [0.5, 0.6) is 0 Å². The minimum absolute atomic E-state index is 0.0433. The Balaban J connectivity index is 1.73. The molecule has 1 fully saturated rings. The van der Waals surface area contributed by atoms with Crippen molar-refractivity contribution in [2.75, 3.05) is 11.9 Å². The summed E-state index contributed by atoms with van der Waals surface area (Å²) in [6.07, 6.45) is 6.33. The molecule has 98 valence electrons. The summed E-state index contributed by atoms with van der Waals surface area (Å²) in [4.78, 5) is 11.8. The van der Waals surface area contributed by atoms with Crippen LogP contribution in [-0.4, -0.2) is 18.5 Å². The molecular formula is C14H19IN2O. The topological polar surface area (TPSA) is 41.1 Å². The number of benzene rings is 1. The summed E-state index contributed by atoms with van der Waals surface area (Å²) in [6.45, 7) is 0.413. The van der Waals surface area contributed by atoms with Gasteiger partial charge in [0.15, 0.2) is 0 Å². The van der Waals surface area contributed by atoms with E-state index in [1.165, 1.54) is 35.7 Å². The number of hydrogen-bond donors (Lipinski definition) is 2. The van der Waals surface area contributed by atoms with Gasteiger partial charge in [-0.3, -0.25) is 4.79 Å². The normalized spacial score (nSPS) is 16.5. The van der Waals surface area contributed by atoms with Gasteiger partial charge in [-0.05, 0) is 59.7 Å². The molecule has 0 radical (unpaired) electrons. The number of carbonyl (C=O) groups excluding carboxylic acids is 1. The zero-order chi connectivity index (χ0) is 12.8. The van der Waals surface area contributed by atoms with E-state index in [0.717, 1.165) is 5.69 Å². The highest BCUT2D eigenvalue weighted by Crippen LogP contribution is 2.17. The molecule has 0 saturated heterocycles. The fourth-order valence-corrected chi connectivity index (χ4v) is 2.64. The van der Waals surface area contributed by atoms with Gasteiger partial charge in [-0.1, -0.05) is 19.3 Å². The molecular weight excluding hydrogens is 339 g/mol. The van der Waals surface area contributed by atoms with Gasteiger partial charge in [0.2, 0.25) is 5.91 Å². The maximum Gasteiger partial charge on any atom is 0.238 e. The minimum atomic E-state index is 0.0433. The Morgan fingerprint density at radius 3 is 2.50 bits per heavy atom. The first-order chi connectivity index (χ1) is 8.74. The van der Waals surface area contributed by atoms with Gasteiger partial charge in [-0.25, -0.2) is 0 Å². The number of nitrogens with one attached hydrogen (secondary N) is 2. The van der Waals surface area contributed by atoms with Crippen molar-refractivity contribution in [3.8, 4) is 0 Å². The lowest BCUT2D eigenvalue weighted by atomic mass is 9.95. The molecule has 0 aromatic heterocycles.